The molecule has 0 bridgehead atoms. The molecule has 0 radical (unpaired) electrons. The van der Waals surface area contributed by atoms with Gasteiger partial charge in [-0.05, 0) is 37.5 Å². The van der Waals surface area contributed by atoms with E-state index in [1.54, 1.807) is 20.3 Å². The predicted molar refractivity (Wildman–Crippen MR) is 168 cm³/mol. The van der Waals surface area contributed by atoms with Crippen molar-refractivity contribution in [1.29, 1.82) is 0 Å². The Bertz CT molecular complexity index is 1020. The number of nitrogens with one attached hydrogen (secondary N) is 2. The first-order valence-electron chi connectivity index (χ1n) is 16.7. The molecule has 2 aliphatic carbocycles. The van der Waals surface area contributed by atoms with E-state index in [-0.39, 0.29) is 49.6 Å². The highest BCUT2D eigenvalue weighted by atomic mass is 16.3. The van der Waals surface area contributed by atoms with E-state index >= 15 is 0 Å². The van der Waals surface area contributed by atoms with Crippen molar-refractivity contribution in [1.82, 2.24) is 25.1 Å². The number of likely N-dealkylation sites (N-methyl/N-ethyl adjacent to an activating group) is 1. The first-order chi connectivity index (χ1) is 20.9. The molecule has 2 aliphatic rings. The Morgan fingerprint density at radius 3 is 2.30 bits per heavy atom. The molecule has 0 aromatic carbocycles. The number of hydrogen-bond acceptors (Lipinski definition) is 7. The molecule has 0 saturated heterocycles. The Labute approximate surface area is 263 Å². The number of nitrogens with zero attached hydrogens (tertiary/aromatic N) is 3. The maximum absolute atomic E-state index is 14.0. The molecule has 250 valence electrons. The van der Waals surface area contributed by atoms with Crippen molar-refractivity contribution in [3.8, 4) is 0 Å². The number of aliphatic hydroxyl groups is 3. The predicted octanol–water partition coefficient (Wildman–Crippen LogP) is 2.79. The molecular formula is C33H57N5O6. The SMILES string of the molecule is CC(C)C[C@H](O)[C@H](O)[C@H](CC1CCCCC1)NC(=O)[C@@H](CC(=O)N(CC(=O)N(C)C)CC1(O)CCCCC1)Cc1cnc[nH]1. The number of imidazole rings is 1. The van der Waals surface area contributed by atoms with Crippen LogP contribution in [-0.4, -0.2) is 104 Å². The third-order valence-electron chi connectivity index (χ3n) is 9.42. The number of aromatic nitrogens is 2. The fourth-order valence-electron chi connectivity index (χ4n) is 6.78. The summed E-state index contributed by atoms with van der Waals surface area (Å²) < 4.78 is 0. The normalized spacial score (nSPS) is 20.0. The number of carbonyl (C=O) groups is 3. The van der Waals surface area contributed by atoms with E-state index in [0.29, 0.717) is 37.3 Å². The van der Waals surface area contributed by atoms with Crippen LogP contribution >= 0.6 is 0 Å². The minimum atomic E-state index is -1.14. The topological polar surface area (TPSA) is 159 Å². The fraction of sp³-hybridized carbons (Fsp3) is 0.818. The molecule has 1 aromatic rings. The highest BCUT2D eigenvalue weighted by molar-refractivity contribution is 5.89. The lowest BCUT2D eigenvalue weighted by Gasteiger charge is -2.37. The van der Waals surface area contributed by atoms with Crippen molar-refractivity contribution >= 4 is 17.7 Å². The molecular weight excluding hydrogens is 562 g/mol. The quantitative estimate of drug-likeness (QED) is 0.190. The fourth-order valence-corrected chi connectivity index (χ4v) is 6.78. The number of aliphatic hydroxyl groups excluding tert-OH is 2. The highest BCUT2D eigenvalue weighted by Gasteiger charge is 2.37. The van der Waals surface area contributed by atoms with Crippen LogP contribution in [-0.2, 0) is 20.8 Å². The Morgan fingerprint density at radius 2 is 1.70 bits per heavy atom. The molecule has 2 fully saturated rings. The maximum Gasteiger partial charge on any atom is 0.241 e. The Morgan fingerprint density at radius 1 is 1.05 bits per heavy atom. The van der Waals surface area contributed by atoms with E-state index in [9.17, 15) is 29.7 Å². The van der Waals surface area contributed by atoms with Gasteiger partial charge in [0.15, 0.2) is 0 Å². The molecule has 1 aromatic heterocycles. The summed E-state index contributed by atoms with van der Waals surface area (Å²) in [6.07, 6.45) is 11.3. The minimum absolute atomic E-state index is 0.0359. The lowest BCUT2D eigenvalue weighted by Crippen LogP contribution is -2.53. The van der Waals surface area contributed by atoms with Crippen molar-refractivity contribution in [2.24, 2.45) is 17.8 Å². The van der Waals surface area contributed by atoms with Gasteiger partial charge < -0.3 is 35.4 Å². The van der Waals surface area contributed by atoms with Gasteiger partial charge in [-0.1, -0.05) is 65.2 Å². The summed E-state index contributed by atoms with van der Waals surface area (Å²) in [5, 5.41) is 36.4. The number of rotatable bonds is 16. The molecule has 0 unspecified atom stereocenters. The second-order valence-corrected chi connectivity index (χ2v) is 14.0. The highest BCUT2D eigenvalue weighted by Crippen LogP contribution is 2.31. The van der Waals surface area contributed by atoms with Crippen LogP contribution in [0.25, 0.3) is 0 Å². The van der Waals surface area contributed by atoms with Crippen molar-refractivity contribution in [3.05, 3.63) is 18.2 Å². The Kier molecular flexibility index (Phi) is 14.1. The van der Waals surface area contributed by atoms with Crippen molar-refractivity contribution in [3.63, 3.8) is 0 Å². The Balaban J connectivity index is 1.82. The molecule has 11 nitrogen and oxygen atoms in total. The third kappa shape index (κ3) is 11.5. The molecule has 3 amide bonds. The van der Waals surface area contributed by atoms with Crippen LogP contribution in [0.5, 0.6) is 0 Å². The summed E-state index contributed by atoms with van der Waals surface area (Å²) in [4.78, 5) is 50.5. The van der Waals surface area contributed by atoms with E-state index < -0.39 is 29.8 Å². The van der Waals surface area contributed by atoms with Gasteiger partial charge in [-0.15, -0.1) is 0 Å². The molecule has 3 rings (SSSR count). The number of amides is 3. The largest absolute Gasteiger partial charge is 0.390 e. The summed E-state index contributed by atoms with van der Waals surface area (Å²) in [7, 11) is 3.25. The summed E-state index contributed by atoms with van der Waals surface area (Å²) in [5.41, 5.74) is -0.382. The van der Waals surface area contributed by atoms with E-state index in [1.807, 2.05) is 13.8 Å². The van der Waals surface area contributed by atoms with Crippen LogP contribution in [0.2, 0.25) is 0 Å². The van der Waals surface area contributed by atoms with E-state index in [2.05, 4.69) is 15.3 Å². The van der Waals surface area contributed by atoms with Crippen LogP contribution in [0.1, 0.15) is 103 Å². The van der Waals surface area contributed by atoms with Gasteiger partial charge in [0.05, 0.1) is 36.5 Å². The number of hydrogen-bond donors (Lipinski definition) is 5. The van der Waals surface area contributed by atoms with Crippen LogP contribution in [0.15, 0.2) is 12.5 Å². The zero-order chi connectivity index (χ0) is 32.3. The standard InChI is InChI=1S/C33H57N5O6/c1-23(2)15-28(39)31(42)27(16-24-11-7-5-8-12-24)36-32(43)25(17-26-19-34-22-35-26)18-29(40)38(20-30(41)37(3)4)21-33(44)13-9-6-10-14-33/h19,22-25,27-28,31,39,42,44H,5-18,20-21H2,1-4H3,(H,34,35)(H,36,43)/t25-,27+,28+,31-/m1/s1. The van der Waals surface area contributed by atoms with Gasteiger partial charge in [0, 0.05) is 45.4 Å². The Hall–Kier alpha value is -2.50. The molecule has 0 spiro atoms. The van der Waals surface area contributed by atoms with Gasteiger partial charge >= 0.3 is 0 Å². The van der Waals surface area contributed by atoms with Gasteiger partial charge in [0.25, 0.3) is 0 Å². The molecule has 0 aliphatic heterocycles. The van der Waals surface area contributed by atoms with E-state index in [1.165, 1.54) is 22.5 Å². The second-order valence-electron chi connectivity index (χ2n) is 14.0. The maximum atomic E-state index is 14.0. The zero-order valence-electron chi connectivity index (χ0n) is 27.3. The van der Waals surface area contributed by atoms with Crippen LogP contribution < -0.4 is 5.32 Å². The monoisotopic (exact) mass is 619 g/mol. The smallest absolute Gasteiger partial charge is 0.241 e. The first kappa shape index (κ1) is 36.0. The van der Waals surface area contributed by atoms with Gasteiger partial charge in [-0.3, -0.25) is 14.4 Å². The van der Waals surface area contributed by atoms with Crippen molar-refractivity contribution in [2.75, 3.05) is 27.2 Å². The van der Waals surface area contributed by atoms with E-state index in [0.717, 1.165) is 44.9 Å². The van der Waals surface area contributed by atoms with Gasteiger partial charge in [-0.25, -0.2) is 4.98 Å². The molecule has 5 N–H and O–H groups in total. The van der Waals surface area contributed by atoms with Gasteiger partial charge in [0.2, 0.25) is 17.7 Å². The lowest BCUT2D eigenvalue weighted by molar-refractivity contribution is -0.145. The zero-order valence-corrected chi connectivity index (χ0v) is 27.3. The summed E-state index contributed by atoms with van der Waals surface area (Å²) >= 11 is 0. The summed E-state index contributed by atoms with van der Waals surface area (Å²) in [6, 6.07) is -0.659. The second kappa shape index (κ2) is 17.3. The van der Waals surface area contributed by atoms with Gasteiger partial charge in [0.1, 0.15) is 6.10 Å². The summed E-state index contributed by atoms with van der Waals surface area (Å²) in [5.74, 6) is -1.34. The van der Waals surface area contributed by atoms with Crippen LogP contribution in [0.4, 0.5) is 0 Å². The summed E-state index contributed by atoms with van der Waals surface area (Å²) in [6.45, 7) is 3.81. The molecule has 1 heterocycles. The molecule has 44 heavy (non-hydrogen) atoms. The van der Waals surface area contributed by atoms with Crippen LogP contribution in [0.3, 0.4) is 0 Å². The van der Waals surface area contributed by atoms with E-state index in [4.69, 9.17) is 0 Å². The average molecular weight is 620 g/mol. The minimum Gasteiger partial charge on any atom is -0.390 e. The number of carbonyl (C=O) groups excluding carboxylic acids is 3. The number of aromatic amines is 1. The average Bonchev–Trinajstić information content (AvgIpc) is 3.49. The molecule has 2 saturated carbocycles. The third-order valence-corrected chi connectivity index (χ3v) is 9.42. The van der Waals surface area contributed by atoms with Crippen molar-refractivity contribution < 1.29 is 29.7 Å². The van der Waals surface area contributed by atoms with Gasteiger partial charge in [-0.2, -0.15) is 0 Å². The van der Waals surface area contributed by atoms with Crippen molar-refractivity contribution in [2.45, 2.75) is 128 Å². The lowest BCUT2D eigenvalue weighted by atomic mass is 9.82. The number of H-pyrrole nitrogens is 1. The van der Waals surface area contributed by atoms with Crippen LogP contribution in [0, 0.1) is 17.8 Å². The molecule has 11 heteroatoms. The molecule has 4 atom stereocenters. The first-order valence-corrected chi connectivity index (χ1v) is 16.7.